The van der Waals surface area contributed by atoms with Crippen LogP contribution in [-0.4, -0.2) is 51.2 Å². The Hall–Kier alpha value is -3.52. The molecule has 5 rings (SSSR count). The number of pyridine rings is 1. The number of nitrogens with one attached hydrogen (secondary N) is 2. The lowest BCUT2D eigenvalue weighted by Gasteiger charge is -2.18. The average Bonchev–Trinajstić information content (AvgIpc) is 3.28. The van der Waals surface area contributed by atoms with Gasteiger partial charge in [-0.05, 0) is 56.1 Å². The van der Waals surface area contributed by atoms with Crippen LogP contribution in [0.3, 0.4) is 0 Å². The molecule has 1 unspecified atom stereocenters. The Morgan fingerprint density at radius 1 is 1.10 bits per heavy atom. The van der Waals surface area contributed by atoms with E-state index in [9.17, 15) is 14.0 Å². The zero-order valence-electron chi connectivity index (χ0n) is 21.0. The second-order valence-corrected chi connectivity index (χ2v) is 10.2. The second kappa shape index (κ2) is 12.1. The highest BCUT2D eigenvalue weighted by atomic mass is 35.5. The minimum atomic E-state index is -0.536. The topological polar surface area (TPSA) is 94.7 Å². The standard InChI is InChI=1S/C27H26Cl2F2N8/c28-23-11-18(3-4-25(23)31)35-26-17(13-32)14-34-27-22(26)10-19(12-24(27)29)33-15-20-16-39(37-36-20)21-2-1-7-38(8-5-21)9-6-30/h3-4,10-12,14,16,21,33H,1-2,5-9,15H2,(H,34,35). The van der Waals surface area contributed by atoms with Gasteiger partial charge in [0.25, 0.3) is 0 Å². The van der Waals surface area contributed by atoms with Crippen molar-refractivity contribution in [1.82, 2.24) is 24.9 Å². The number of hydrogen-bond acceptors (Lipinski definition) is 7. The molecule has 1 aliphatic heterocycles. The van der Waals surface area contributed by atoms with E-state index in [2.05, 4.69) is 36.9 Å². The zero-order chi connectivity index (χ0) is 27.4. The first-order valence-electron chi connectivity index (χ1n) is 12.6. The monoisotopic (exact) mass is 570 g/mol. The van der Waals surface area contributed by atoms with E-state index in [1.807, 2.05) is 16.9 Å². The van der Waals surface area contributed by atoms with E-state index in [0.29, 0.717) is 51.6 Å². The molecule has 0 aliphatic carbocycles. The lowest BCUT2D eigenvalue weighted by atomic mass is 10.1. The number of anilines is 3. The molecular weight excluding hydrogens is 545 g/mol. The smallest absolute Gasteiger partial charge is 0.141 e. The molecule has 1 atom stereocenters. The van der Waals surface area contributed by atoms with Gasteiger partial charge >= 0.3 is 0 Å². The molecule has 12 heteroatoms. The number of hydrogen-bond donors (Lipinski definition) is 2. The summed E-state index contributed by atoms with van der Waals surface area (Å²) in [5.41, 5.74) is 3.28. The Balaban J connectivity index is 1.35. The van der Waals surface area contributed by atoms with Crippen molar-refractivity contribution >= 4 is 51.2 Å². The van der Waals surface area contributed by atoms with Gasteiger partial charge in [0.15, 0.2) is 0 Å². The van der Waals surface area contributed by atoms with Crippen molar-refractivity contribution in [2.45, 2.75) is 31.8 Å². The molecule has 1 saturated heterocycles. The van der Waals surface area contributed by atoms with Crippen molar-refractivity contribution in [2.24, 2.45) is 0 Å². The van der Waals surface area contributed by atoms with Crippen LogP contribution in [-0.2, 0) is 6.54 Å². The molecule has 0 bridgehead atoms. The Kier molecular flexibility index (Phi) is 8.41. The number of nitriles is 1. The largest absolute Gasteiger partial charge is 0.379 e. The van der Waals surface area contributed by atoms with E-state index < -0.39 is 5.82 Å². The lowest BCUT2D eigenvalue weighted by molar-refractivity contribution is 0.252. The normalized spacial score (nSPS) is 16.1. The van der Waals surface area contributed by atoms with Gasteiger partial charge in [0.05, 0.1) is 45.6 Å². The Bertz CT molecular complexity index is 1520. The number of aromatic nitrogens is 4. The Labute approximate surface area is 234 Å². The quantitative estimate of drug-likeness (QED) is 0.250. The van der Waals surface area contributed by atoms with Crippen LogP contribution in [0.25, 0.3) is 10.9 Å². The highest BCUT2D eigenvalue weighted by Crippen LogP contribution is 2.35. The van der Waals surface area contributed by atoms with Crippen molar-refractivity contribution in [3.8, 4) is 6.07 Å². The summed E-state index contributed by atoms with van der Waals surface area (Å²) in [6, 6.07) is 10.2. The third-order valence-electron chi connectivity index (χ3n) is 6.83. The van der Waals surface area contributed by atoms with Gasteiger partial charge in [-0.1, -0.05) is 28.4 Å². The molecule has 0 radical (unpaired) electrons. The molecule has 2 aromatic carbocycles. The van der Waals surface area contributed by atoms with E-state index in [4.69, 9.17) is 23.2 Å². The summed E-state index contributed by atoms with van der Waals surface area (Å²) in [4.78, 5) is 6.52. The number of benzene rings is 2. The summed E-state index contributed by atoms with van der Waals surface area (Å²) in [5, 5.41) is 25.9. The molecule has 2 N–H and O–H groups in total. The number of halogens is 4. The average molecular weight is 571 g/mol. The molecule has 39 heavy (non-hydrogen) atoms. The fraction of sp³-hybridized carbons (Fsp3) is 0.333. The Morgan fingerprint density at radius 3 is 2.74 bits per heavy atom. The Morgan fingerprint density at radius 2 is 1.95 bits per heavy atom. The molecule has 202 valence electrons. The summed E-state index contributed by atoms with van der Waals surface area (Å²) in [6.45, 7) is 2.31. The zero-order valence-corrected chi connectivity index (χ0v) is 22.5. The molecule has 3 heterocycles. The van der Waals surface area contributed by atoms with E-state index in [0.717, 1.165) is 38.0 Å². The number of rotatable bonds is 8. The number of alkyl halides is 1. The van der Waals surface area contributed by atoms with Gasteiger partial charge in [-0.15, -0.1) is 5.10 Å². The van der Waals surface area contributed by atoms with Crippen LogP contribution in [0.5, 0.6) is 0 Å². The molecule has 0 amide bonds. The minimum absolute atomic E-state index is 0.0359. The van der Waals surface area contributed by atoms with Gasteiger partial charge < -0.3 is 15.5 Å². The SMILES string of the molecule is N#Cc1cnc2c(Cl)cc(NCc3cn(C4CCCN(CCF)CC4)nn3)cc2c1Nc1ccc(F)c(Cl)c1. The van der Waals surface area contributed by atoms with Crippen LogP contribution >= 0.6 is 23.2 Å². The van der Waals surface area contributed by atoms with Gasteiger partial charge in [0.2, 0.25) is 0 Å². The van der Waals surface area contributed by atoms with Crippen molar-refractivity contribution in [1.29, 1.82) is 5.26 Å². The first-order chi connectivity index (χ1) is 18.9. The molecule has 1 fully saturated rings. The lowest BCUT2D eigenvalue weighted by Crippen LogP contribution is -2.27. The minimum Gasteiger partial charge on any atom is -0.379 e. The van der Waals surface area contributed by atoms with Crippen LogP contribution in [0, 0.1) is 17.1 Å². The molecule has 1 aliphatic rings. The highest BCUT2D eigenvalue weighted by molar-refractivity contribution is 6.36. The van der Waals surface area contributed by atoms with Crippen molar-refractivity contribution in [2.75, 3.05) is 36.9 Å². The predicted molar refractivity (Wildman–Crippen MR) is 149 cm³/mol. The molecule has 0 saturated carbocycles. The third-order valence-corrected chi connectivity index (χ3v) is 7.41. The van der Waals surface area contributed by atoms with Crippen LogP contribution in [0.4, 0.5) is 25.8 Å². The maximum atomic E-state index is 13.7. The van der Waals surface area contributed by atoms with Crippen molar-refractivity contribution < 1.29 is 8.78 Å². The summed E-state index contributed by atoms with van der Waals surface area (Å²) in [6.07, 6.45) is 6.25. The van der Waals surface area contributed by atoms with Crippen molar-refractivity contribution in [3.63, 3.8) is 0 Å². The number of nitrogens with zero attached hydrogens (tertiary/aromatic N) is 6. The second-order valence-electron chi connectivity index (χ2n) is 9.43. The van der Waals surface area contributed by atoms with Gasteiger partial charge in [-0.25, -0.2) is 13.5 Å². The van der Waals surface area contributed by atoms with Crippen molar-refractivity contribution in [3.05, 3.63) is 69.8 Å². The first-order valence-corrected chi connectivity index (χ1v) is 13.4. The summed E-state index contributed by atoms with van der Waals surface area (Å²) >= 11 is 12.5. The van der Waals surface area contributed by atoms with Gasteiger partial charge in [-0.2, -0.15) is 5.26 Å². The van der Waals surface area contributed by atoms with E-state index in [1.165, 1.54) is 24.4 Å². The summed E-state index contributed by atoms with van der Waals surface area (Å²) < 4.78 is 28.3. The number of likely N-dealkylation sites (tertiary alicyclic amines) is 1. The van der Waals surface area contributed by atoms with Crippen LogP contribution in [0.15, 0.2) is 42.7 Å². The maximum Gasteiger partial charge on any atom is 0.141 e. The van der Waals surface area contributed by atoms with E-state index in [1.54, 1.807) is 6.07 Å². The van der Waals surface area contributed by atoms with Gasteiger partial charge in [-0.3, -0.25) is 4.98 Å². The third kappa shape index (κ3) is 6.22. The first kappa shape index (κ1) is 27.1. The maximum absolute atomic E-state index is 13.7. The highest BCUT2D eigenvalue weighted by Gasteiger charge is 2.20. The van der Waals surface area contributed by atoms with Crippen LogP contribution in [0.1, 0.15) is 36.6 Å². The summed E-state index contributed by atoms with van der Waals surface area (Å²) in [5.74, 6) is -0.536. The predicted octanol–water partition coefficient (Wildman–Crippen LogP) is 6.50. The molecule has 4 aromatic rings. The number of fused-ring (bicyclic) bond motifs is 1. The molecule has 0 spiro atoms. The molecule has 8 nitrogen and oxygen atoms in total. The van der Waals surface area contributed by atoms with Crippen LogP contribution < -0.4 is 10.6 Å². The fourth-order valence-corrected chi connectivity index (χ4v) is 5.26. The summed E-state index contributed by atoms with van der Waals surface area (Å²) in [7, 11) is 0. The van der Waals surface area contributed by atoms with Gasteiger partial charge in [0.1, 0.15) is 24.3 Å². The molecular formula is C27H26Cl2F2N8. The van der Waals surface area contributed by atoms with Gasteiger partial charge in [0, 0.05) is 36.0 Å². The fourth-order valence-electron chi connectivity index (χ4n) is 4.81. The van der Waals surface area contributed by atoms with E-state index >= 15 is 0 Å². The van der Waals surface area contributed by atoms with Crippen LogP contribution in [0.2, 0.25) is 10.0 Å². The van der Waals surface area contributed by atoms with E-state index in [-0.39, 0.29) is 17.7 Å². The molecule has 2 aromatic heterocycles.